The summed E-state index contributed by atoms with van der Waals surface area (Å²) in [4.78, 5) is 10.3. The predicted octanol–water partition coefficient (Wildman–Crippen LogP) is 1.43. The Morgan fingerprint density at radius 3 is 2.21 bits per heavy atom. The second-order valence-electron chi connectivity index (χ2n) is 3.04. The molecule has 0 unspecified atom stereocenters. The Kier molecular flexibility index (Phi) is 3.41. The third-order valence-electron chi connectivity index (χ3n) is 1.94. The molecule has 0 N–H and O–H groups in total. The fourth-order valence-corrected chi connectivity index (χ4v) is 1.95. The summed E-state index contributed by atoms with van der Waals surface area (Å²) in [5.41, 5.74) is 1.28. The van der Waals surface area contributed by atoms with E-state index in [4.69, 9.17) is 0 Å². The van der Waals surface area contributed by atoms with Gasteiger partial charge in [-0.25, -0.2) is 8.42 Å². The number of aldehydes is 1. The van der Waals surface area contributed by atoms with E-state index in [0.717, 1.165) is 11.8 Å². The molecule has 1 aromatic rings. The van der Waals surface area contributed by atoms with Crippen LogP contribution in [0.5, 0.6) is 0 Å². The van der Waals surface area contributed by atoms with Crippen molar-refractivity contribution < 1.29 is 13.2 Å². The van der Waals surface area contributed by atoms with E-state index in [9.17, 15) is 13.2 Å². The molecular formula is C10H12O3S. The van der Waals surface area contributed by atoms with Crippen molar-refractivity contribution in [2.24, 2.45) is 0 Å². The summed E-state index contributed by atoms with van der Waals surface area (Å²) in [7, 11) is -2.98. The molecule has 76 valence electrons. The van der Waals surface area contributed by atoms with Crippen LogP contribution in [0, 0.1) is 0 Å². The van der Waals surface area contributed by atoms with Crippen molar-refractivity contribution in [1.29, 1.82) is 0 Å². The summed E-state index contributed by atoms with van der Waals surface area (Å²) >= 11 is 0. The Balaban J connectivity index is 2.84. The summed E-state index contributed by atoms with van der Waals surface area (Å²) < 4.78 is 22.5. The summed E-state index contributed by atoms with van der Waals surface area (Å²) in [5.74, 6) is 0.186. The van der Waals surface area contributed by atoms with E-state index in [0.29, 0.717) is 5.56 Å². The molecule has 0 heterocycles. The average molecular weight is 212 g/mol. The summed E-state index contributed by atoms with van der Waals surface area (Å²) in [5, 5.41) is 0. The van der Waals surface area contributed by atoms with Gasteiger partial charge in [0, 0.05) is 11.3 Å². The van der Waals surface area contributed by atoms with E-state index >= 15 is 0 Å². The van der Waals surface area contributed by atoms with Crippen LogP contribution in [-0.4, -0.2) is 20.5 Å². The molecule has 0 amide bonds. The first-order chi connectivity index (χ1) is 6.57. The first-order valence-corrected chi connectivity index (χ1v) is 6.14. The second-order valence-corrected chi connectivity index (χ2v) is 5.39. The van der Waals surface area contributed by atoms with Crippen molar-refractivity contribution in [1.82, 2.24) is 0 Å². The van der Waals surface area contributed by atoms with Crippen molar-refractivity contribution in [2.75, 3.05) is 5.75 Å². The van der Waals surface area contributed by atoms with E-state index in [1.165, 1.54) is 0 Å². The van der Waals surface area contributed by atoms with E-state index in [1.54, 1.807) is 31.2 Å². The molecule has 1 rings (SSSR count). The van der Waals surface area contributed by atoms with Gasteiger partial charge in [0.05, 0.1) is 5.75 Å². The minimum Gasteiger partial charge on any atom is -0.298 e. The summed E-state index contributed by atoms with van der Waals surface area (Å²) in [6.45, 7) is 1.62. The minimum absolute atomic E-state index is 0.0443. The van der Waals surface area contributed by atoms with Crippen LogP contribution in [0.15, 0.2) is 24.3 Å². The third-order valence-corrected chi connectivity index (χ3v) is 3.60. The molecule has 1 aromatic carbocycles. The molecule has 0 saturated heterocycles. The molecule has 0 saturated carbocycles. The molecule has 14 heavy (non-hydrogen) atoms. The van der Waals surface area contributed by atoms with Crippen LogP contribution in [0.3, 0.4) is 0 Å². The van der Waals surface area contributed by atoms with Gasteiger partial charge < -0.3 is 0 Å². The van der Waals surface area contributed by atoms with Gasteiger partial charge in [0.2, 0.25) is 0 Å². The predicted molar refractivity (Wildman–Crippen MR) is 55.0 cm³/mol. The second kappa shape index (κ2) is 4.37. The number of benzene rings is 1. The molecule has 0 bridgehead atoms. The first kappa shape index (κ1) is 10.9. The molecule has 0 spiro atoms. The van der Waals surface area contributed by atoms with E-state index in [1.807, 2.05) is 0 Å². The van der Waals surface area contributed by atoms with Crippen LogP contribution in [0.1, 0.15) is 22.8 Å². The maximum absolute atomic E-state index is 11.3. The Bertz CT molecular complexity index is 403. The van der Waals surface area contributed by atoms with Crippen LogP contribution in [-0.2, 0) is 15.6 Å². The summed E-state index contributed by atoms with van der Waals surface area (Å²) in [6, 6.07) is 6.56. The largest absolute Gasteiger partial charge is 0.298 e. The van der Waals surface area contributed by atoms with E-state index < -0.39 is 9.84 Å². The fourth-order valence-electron chi connectivity index (χ4n) is 1.05. The lowest BCUT2D eigenvalue weighted by Crippen LogP contribution is -2.06. The number of rotatable bonds is 4. The lowest BCUT2D eigenvalue weighted by atomic mass is 10.2. The molecule has 0 fully saturated rings. The highest BCUT2D eigenvalue weighted by molar-refractivity contribution is 7.90. The monoisotopic (exact) mass is 212 g/mol. The van der Waals surface area contributed by atoms with E-state index in [2.05, 4.69) is 0 Å². The number of carbonyl (C=O) groups excluding carboxylic acids is 1. The van der Waals surface area contributed by atoms with Crippen LogP contribution in [0.2, 0.25) is 0 Å². The van der Waals surface area contributed by atoms with Crippen molar-refractivity contribution >= 4 is 16.1 Å². The van der Waals surface area contributed by atoms with Crippen LogP contribution in [0.4, 0.5) is 0 Å². The Hall–Kier alpha value is -1.16. The van der Waals surface area contributed by atoms with Crippen molar-refractivity contribution in [3.63, 3.8) is 0 Å². The van der Waals surface area contributed by atoms with E-state index in [-0.39, 0.29) is 11.5 Å². The molecule has 0 aliphatic heterocycles. The van der Waals surface area contributed by atoms with Gasteiger partial charge >= 0.3 is 0 Å². The maximum Gasteiger partial charge on any atom is 0.154 e. The van der Waals surface area contributed by atoms with Gasteiger partial charge in [-0.15, -0.1) is 0 Å². The summed E-state index contributed by atoms with van der Waals surface area (Å²) in [6.07, 6.45) is 0.734. The minimum atomic E-state index is -2.98. The highest BCUT2D eigenvalue weighted by atomic mass is 32.2. The lowest BCUT2D eigenvalue weighted by Gasteiger charge is -2.01. The van der Waals surface area contributed by atoms with Gasteiger partial charge in [0.25, 0.3) is 0 Å². The highest BCUT2D eigenvalue weighted by Gasteiger charge is 2.08. The van der Waals surface area contributed by atoms with Crippen LogP contribution in [0.25, 0.3) is 0 Å². The number of sulfone groups is 1. The fraction of sp³-hybridized carbons (Fsp3) is 0.300. The molecular weight excluding hydrogens is 200 g/mol. The molecule has 0 aliphatic carbocycles. The molecule has 0 atom stereocenters. The van der Waals surface area contributed by atoms with Gasteiger partial charge in [-0.1, -0.05) is 31.2 Å². The van der Waals surface area contributed by atoms with Crippen LogP contribution >= 0.6 is 0 Å². The standard InChI is InChI=1S/C10H12O3S/c1-2-14(12,13)8-10-5-3-9(7-11)4-6-10/h3-7H,2,8H2,1H3. The average Bonchev–Trinajstić information content (AvgIpc) is 2.19. The van der Waals surface area contributed by atoms with Crippen molar-refractivity contribution in [3.05, 3.63) is 35.4 Å². The third kappa shape index (κ3) is 2.96. The number of hydrogen-bond acceptors (Lipinski definition) is 3. The van der Waals surface area contributed by atoms with Gasteiger partial charge in [0.1, 0.15) is 6.29 Å². The Labute approximate surface area is 83.7 Å². The van der Waals surface area contributed by atoms with Crippen LogP contribution < -0.4 is 0 Å². The lowest BCUT2D eigenvalue weighted by molar-refractivity contribution is 0.112. The van der Waals surface area contributed by atoms with Gasteiger partial charge in [-0.05, 0) is 5.56 Å². The zero-order valence-corrected chi connectivity index (χ0v) is 8.75. The molecule has 0 radical (unpaired) electrons. The van der Waals surface area contributed by atoms with Gasteiger partial charge in [-0.3, -0.25) is 4.79 Å². The van der Waals surface area contributed by atoms with Crippen molar-refractivity contribution in [3.8, 4) is 0 Å². The maximum atomic E-state index is 11.3. The zero-order valence-electron chi connectivity index (χ0n) is 7.93. The molecule has 0 aromatic heterocycles. The molecule has 0 aliphatic rings. The van der Waals surface area contributed by atoms with Gasteiger partial charge in [0.15, 0.2) is 9.84 Å². The molecule has 3 nitrogen and oxygen atoms in total. The highest BCUT2D eigenvalue weighted by Crippen LogP contribution is 2.07. The SMILES string of the molecule is CCS(=O)(=O)Cc1ccc(C=O)cc1. The number of carbonyl (C=O) groups is 1. The Morgan fingerprint density at radius 1 is 1.21 bits per heavy atom. The van der Waals surface area contributed by atoms with Crippen molar-refractivity contribution in [2.45, 2.75) is 12.7 Å². The zero-order chi connectivity index (χ0) is 10.6. The smallest absolute Gasteiger partial charge is 0.154 e. The normalized spacial score (nSPS) is 11.2. The quantitative estimate of drug-likeness (QED) is 0.709. The Morgan fingerprint density at radius 2 is 1.79 bits per heavy atom. The number of hydrogen-bond donors (Lipinski definition) is 0. The first-order valence-electron chi connectivity index (χ1n) is 4.32. The van der Waals surface area contributed by atoms with Gasteiger partial charge in [-0.2, -0.15) is 0 Å². The molecule has 4 heteroatoms. The topological polar surface area (TPSA) is 51.2 Å².